The highest BCUT2D eigenvalue weighted by molar-refractivity contribution is 6.07. The van der Waals surface area contributed by atoms with Crippen molar-refractivity contribution in [1.29, 1.82) is 0 Å². The van der Waals surface area contributed by atoms with Gasteiger partial charge in [0.25, 0.3) is 0 Å². The van der Waals surface area contributed by atoms with Crippen molar-refractivity contribution in [3.8, 4) is 11.5 Å². The summed E-state index contributed by atoms with van der Waals surface area (Å²) in [4.78, 5) is 12.0. The van der Waals surface area contributed by atoms with E-state index in [-0.39, 0.29) is 5.56 Å². The Kier molecular flexibility index (Phi) is 6.07. The minimum Gasteiger partial charge on any atom is -0.493 e. The van der Waals surface area contributed by atoms with E-state index in [9.17, 15) is 13.6 Å². The van der Waals surface area contributed by atoms with Crippen molar-refractivity contribution < 1.29 is 23.0 Å². The molecule has 0 spiro atoms. The second kappa shape index (κ2) is 8.24. The number of benzene rings is 2. The molecule has 0 atom stereocenters. The molecule has 0 fully saturated rings. The van der Waals surface area contributed by atoms with Crippen molar-refractivity contribution >= 4 is 11.9 Å². The molecule has 2 aromatic rings. The van der Waals surface area contributed by atoms with Crippen molar-refractivity contribution in [2.24, 2.45) is 0 Å². The van der Waals surface area contributed by atoms with Gasteiger partial charge in [0.1, 0.15) is 11.6 Å². The third kappa shape index (κ3) is 4.41. The highest BCUT2D eigenvalue weighted by atomic mass is 19.1. The average Bonchev–Trinajstić information content (AvgIpc) is 2.57. The molecule has 0 aromatic heterocycles. The number of halogens is 2. The SMILES string of the molecule is CCCOc1cc(C=CC(=O)c2ccc(F)cc2F)ccc1OC. The van der Waals surface area contributed by atoms with Crippen molar-refractivity contribution in [3.05, 3.63) is 65.2 Å². The van der Waals surface area contributed by atoms with E-state index in [4.69, 9.17) is 9.47 Å². The van der Waals surface area contributed by atoms with Crippen molar-refractivity contribution in [3.63, 3.8) is 0 Å². The lowest BCUT2D eigenvalue weighted by atomic mass is 10.1. The Bertz CT molecular complexity index is 754. The van der Waals surface area contributed by atoms with Crippen molar-refractivity contribution in [2.75, 3.05) is 13.7 Å². The number of carbonyl (C=O) groups is 1. The number of ether oxygens (including phenoxy) is 2. The van der Waals surface area contributed by atoms with Crippen LogP contribution in [0.4, 0.5) is 8.78 Å². The molecule has 2 rings (SSSR count). The molecule has 0 aliphatic carbocycles. The molecule has 3 nitrogen and oxygen atoms in total. The van der Waals surface area contributed by atoms with Crippen LogP contribution in [0, 0.1) is 11.6 Å². The fourth-order valence-corrected chi connectivity index (χ4v) is 2.07. The monoisotopic (exact) mass is 332 g/mol. The van der Waals surface area contributed by atoms with Gasteiger partial charge in [-0.15, -0.1) is 0 Å². The predicted molar refractivity (Wildman–Crippen MR) is 88.5 cm³/mol. The first kappa shape index (κ1) is 17.7. The second-order valence-corrected chi connectivity index (χ2v) is 5.08. The Balaban J connectivity index is 2.20. The maximum atomic E-state index is 13.6. The van der Waals surface area contributed by atoms with Gasteiger partial charge in [-0.2, -0.15) is 0 Å². The zero-order valence-electron chi connectivity index (χ0n) is 13.5. The zero-order valence-corrected chi connectivity index (χ0v) is 13.5. The molecule has 0 bridgehead atoms. The van der Waals surface area contributed by atoms with Crippen LogP contribution in [-0.4, -0.2) is 19.5 Å². The molecule has 0 aliphatic heterocycles. The summed E-state index contributed by atoms with van der Waals surface area (Å²) in [6, 6.07) is 8.08. The van der Waals surface area contributed by atoms with E-state index in [0.29, 0.717) is 29.7 Å². The Morgan fingerprint density at radius 2 is 1.92 bits per heavy atom. The zero-order chi connectivity index (χ0) is 17.5. The second-order valence-electron chi connectivity index (χ2n) is 5.08. The number of hydrogen-bond donors (Lipinski definition) is 0. The van der Waals surface area contributed by atoms with E-state index in [0.717, 1.165) is 18.6 Å². The van der Waals surface area contributed by atoms with Crippen LogP contribution in [0.5, 0.6) is 11.5 Å². The summed E-state index contributed by atoms with van der Waals surface area (Å²) < 4.78 is 37.3. The Morgan fingerprint density at radius 1 is 1.12 bits per heavy atom. The van der Waals surface area contributed by atoms with Gasteiger partial charge in [-0.05, 0) is 42.3 Å². The fraction of sp³-hybridized carbons (Fsp3) is 0.211. The highest BCUT2D eigenvalue weighted by Crippen LogP contribution is 2.28. The summed E-state index contributed by atoms with van der Waals surface area (Å²) in [5, 5.41) is 0. The highest BCUT2D eigenvalue weighted by Gasteiger charge is 2.10. The van der Waals surface area contributed by atoms with E-state index < -0.39 is 17.4 Å². The van der Waals surface area contributed by atoms with Crippen LogP contribution in [0.15, 0.2) is 42.5 Å². The number of ketones is 1. The third-order valence-corrected chi connectivity index (χ3v) is 3.27. The van der Waals surface area contributed by atoms with Crippen LogP contribution < -0.4 is 9.47 Å². The summed E-state index contributed by atoms with van der Waals surface area (Å²) in [6.45, 7) is 2.54. The van der Waals surface area contributed by atoms with Crippen molar-refractivity contribution in [2.45, 2.75) is 13.3 Å². The van der Waals surface area contributed by atoms with Crippen LogP contribution in [0.2, 0.25) is 0 Å². The number of methoxy groups -OCH3 is 1. The van der Waals surface area contributed by atoms with Gasteiger partial charge in [0, 0.05) is 6.07 Å². The first-order chi connectivity index (χ1) is 11.5. The van der Waals surface area contributed by atoms with Gasteiger partial charge in [0.05, 0.1) is 19.3 Å². The number of allylic oxidation sites excluding steroid dienone is 1. The number of rotatable bonds is 7. The van der Waals surface area contributed by atoms with Crippen LogP contribution in [-0.2, 0) is 0 Å². The molecule has 0 radical (unpaired) electrons. The smallest absolute Gasteiger partial charge is 0.188 e. The van der Waals surface area contributed by atoms with E-state index in [1.807, 2.05) is 6.92 Å². The largest absolute Gasteiger partial charge is 0.493 e. The molecule has 0 heterocycles. The standard InChI is InChI=1S/C19H18F2O3/c1-3-10-24-19-11-13(5-9-18(19)23-2)4-8-17(22)15-7-6-14(20)12-16(15)21/h4-9,11-12H,3,10H2,1-2H3. The van der Waals surface area contributed by atoms with E-state index in [1.165, 1.54) is 6.08 Å². The van der Waals surface area contributed by atoms with Crippen LogP contribution >= 0.6 is 0 Å². The fourth-order valence-electron chi connectivity index (χ4n) is 2.07. The topological polar surface area (TPSA) is 35.5 Å². The molecule has 5 heteroatoms. The quantitative estimate of drug-likeness (QED) is 0.546. The summed E-state index contributed by atoms with van der Waals surface area (Å²) in [5.41, 5.74) is 0.529. The van der Waals surface area contributed by atoms with Gasteiger partial charge in [-0.1, -0.05) is 19.1 Å². The Morgan fingerprint density at radius 3 is 2.58 bits per heavy atom. The molecule has 126 valence electrons. The lowest BCUT2D eigenvalue weighted by Gasteiger charge is -2.10. The van der Waals surface area contributed by atoms with Gasteiger partial charge in [0.15, 0.2) is 17.3 Å². The van der Waals surface area contributed by atoms with E-state index >= 15 is 0 Å². The molecule has 0 saturated carbocycles. The molecular formula is C19H18F2O3. The predicted octanol–water partition coefficient (Wildman–Crippen LogP) is 4.66. The van der Waals surface area contributed by atoms with E-state index in [2.05, 4.69) is 0 Å². The minimum atomic E-state index is -0.883. The first-order valence-corrected chi connectivity index (χ1v) is 7.53. The minimum absolute atomic E-state index is 0.177. The normalized spacial score (nSPS) is 10.8. The van der Waals surface area contributed by atoms with Crippen LogP contribution in [0.3, 0.4) is 0 Å². The lowest BCUT2D eigenvalue weighted by molar-refractivity contribution is 0.104. The maximum Gasteiger partial charge on any atom is 0.188 e. The molecule has 0 aliphatic rings. The van der Waals surface area contributed by atoms with Gasteiger partial charge in [-0.3, -0.25) is 4.79 Å². The van der Waals surface area contributed by atoms with Gasteiger partial charge < -0.3 is 9.47 Å². The van der Waals surface area contributed by atoms with Gasteiger partial charge in [-0.25, -0.2) is 8.78 Å². The van der Waals surface area contributed by atoms with Crippen molar-refractivity contribution in [1.82, 2.24) is 0 Å². The van der Waals surface area contributed by atoms with Crippen LogP contribution in [0.1, 0.15) is 29.3 Å². The summed E-state index contributed by atoms with van der Waals surface area (Å²) in [6.07, 6.45) is 3.64. The maximum absolute atomic E-state index is 13.6. The summed E-state index contributed by atoms with van der Waals surface area (Å²) in [7, 11) is 1.55. The third-order valence-electron chi connectivity index (χ3n) is 3.27. The van der Waals surface area contributed by atoms with Gasteiger partial charge in [0.2, 0.25) is 0 Å². The number of carbonyl (C=O) groups excluding carboxylic acids is 1. The van der Waals surface area contributed by atoms with Crippen LogP contribution in [0.25, 0.3) is 6.08 Å². The molecule has 0 amide bonds. The molecule has 0 unspecified atom stereocenters. The Labute approximate surface area is 139 Å². The first-order valence-electron chi connectivity index (χ1n) is 7.53. The van der Waals surface area contributed by atoms with E-state index in [1.54, 1.807) is 31.4 Å². The number of hydrogen-bond acceptors (Lipinski definition) is 3. The molecule has 0 saturated heterocycles. The molecule has 0 N–H and O–H groups in total. The molecule has 2 aromatic carbocycles. The van der Waals surface area contributed by atoms with Gasteiger partial charge >= 0.3 is 0 Å². The molecular weight excluding hydrogens is 314 g/mol. The molecule has 24 heavy (non-hydrogen) atoms. The average molecular weight is 332 g/mol. The Hall–Kier alpha value is -2.69. The summed E-state index contributed by atoms with van der Waals surface area (Å²) >= 11 is 0. The lowest BCUT2D eigenvalue weighted by Crippen LogP contribution is -1.99. The summed E-state index contributed by atoms with van der Waals surface area (Å²) in [5.74, 6) is -0.981.